The van der Waals surface area contributed by atoms with Gasteiger partial charge in [-0.05, 0) is 25.8 Å². The molecule has 0 amide bonds. The molecule has 4 rings (SSSR count). The lowest BCUT2D eigenvalue weighted by molar-refractivity contribution is 0.0895. The number of hydrogen-bond donors (Lipinski definition) is 1. The van der Waals surface area contributed by atoms with Crippen molar-refractivity contribution in [1.82, 2.24) is 29.3 Å². The summed E-state index contributed by atoms with van der Waals surface area (Å²) < 4.78 is 35.3. The number of aromatic nitrogens is 6. The molecule has 3 heterocycles. The minimum atomic E-state index is -1.16. The van der Waals surface area contributed by atoms with E-state index in [1.54, 1.807) is 19.4 Å². The zero-order valence-corrected chi connectivity index (χ0v) is 20.1. The number of aryl methyl sites for hydroxylation is 1. The highest BCUT2D eigenvalue weighted by Gasteiger charge is 2.30. The van der Waals surface area contributed by atoms with E-state index in [1.165, 1.54) is 4.68 Å². The maximum atomic E-state index is 13.1. The van der Waals surface area contributed by atoms with Crippen molar-refractivity contribution in [2.24, 2.45) is 0 Å². The van der Waals surface area contributed by atoms with Crippen LogP contribution >= 0.6 is 0 Å². The monoisotopic (exact) mass is 463 g/mol. The summed E-state index contributed by atoms with van der Waals surface area (Å²) in [6, 6.07) is 0.168. The third kappa shape index (κ3) is 5.15. The lowest BCUT2D eigenvalue weighted by atomic mass is 10.2. The molecule has 0 aliphatic heterocycles. The molecule has 0 radical (unpaired) electrons. The maximum Gasteiger partial charge on any atom is 0.229 e. The molecule has 11 heteroatoms. The third-order valence-corrected chi connectivity index (χ3v) is 7.28. The van der Waals surface area contributed by atoms with Crippen LogP contribution in [0.5, 0.6) is 0 Å². The summed E-state index contributed by atoms with van der Waals surface area (Å²) in [7, 11) is -1.16. The third-order valence-electron chi connectivity index (χ3n) is 5.58. The molecule has 3 aromatic heterocycles. The van der Waals surface area contributed by atoms with Gasteiger partial charge in [0.1, 0.15) is 31.6 Å². The quantitative estimate of drug-likeness (QED) is 0.327. The van der Waals surface area contributed by atoms with E-state index in [-0.39, 0.29) is 0 Å². The van der Waals surface area contributed by atoms with Crippen LogP contribution in [0.4, 0.5) is 20.4 Å². The average Bonchev–Trinajstić information content (AvgIpc) is 3.42. The Morgan fingerprint density at radius 2 is 1.97 bits per heavy atom. The fourth-order valence-corrected chi connectivity index (χ4v) is 4.15. The molecule has 0 spiro atoms. The number of alkyl halides is 2. The van der Waals surface area contributed by atoms with Gasteiger partial charge in [0.2, 0.25) is 5.95 Å². The predicted octanol–water partition coefficient (Wildman–Crippen LogP) is 4.74. The number of nitrogens with zero attached hydrogens (tertiary/aromatic N) is 6. The van der Waals surface area contributed by atoms with E-state index < -0.39 is 27.5 Å². The molecule has 8 nitrogen and oxygen atoms in total. The first-order valence-electron chi connectivity index (χ1n) is 11.0. The second kappa shape index (κ2) is 9.22. The van der Waals surface area contributed by atoms with Crippen molar-refractivity contribution in [3.63, 3.8) is 0 Å². The molecule has 0 unspecified atom stereocenters. The minimum Gasteiger partial charge on any atom is -0.361 e. The molecule has 3 aromatic rings. The van der Waals surface area contributed by atoms with Gasteiger partial charge in [-0.25, -0.2) is 18.7 Å². The molecule has 1 N–H and O–H groups in total. The smallest absolute Gasteiger partial charge is 0.229 e. The van der Waals surface area contributed by atoms with Gasteiger partial charge in [-0.15, -0.1) is 0 Å². The van der Waals surface area contributed by atoms with Gasteiger partial charge >= 0.3 is 0 Å². The average molecular weight is 464 g/mol. The summed E-state index contributed by atoms with van der Waals surface area (Å²) in [4.78, 5) is 14.0. The van der Waals surface area contributed by atoms with E-state index in [1.807, 2.05) is 4.57 Å². The van der Waals surface area contributed by atoms with Crippen molar-refractivity contribution in [3.8, 4) is 0 Å². The number of fused-ring (bicyclic) bond motifs is 1. The summed E-state index contributed by atoms with van der Waals surface area (Å²) in [5, 5.41) is 7.43. The summed E-state index contributed by atoms with van der Waals surface area (Å²) in [5.74, 6) is 0.798. The van der Waals surface area contributed by atoms with E-state index in [9.17, 15) is 8.78 Å². The molecular weight excluding hydrogens is 432 g/mol. The lowest BCUT2D eigenvalue weighted by Gasteiger charge is -2.15. The standard InChI is InChI=1S/C21H31F2N7OSi/c1-14-17(11-30(28-14)16(9-22)10-23)25-21-26-18(15-5-6-15)19-20(27-21)29(12-24-19)13-31-7-8-32(2,3)4/h11-12,15-16H,5-10,13H2,1-4H3,(H,25,26,27). The highest BCUT2D eigenvalue weighted by molar-refractivity contribution is 6.76. The highest BCUT2D eigenvalue weighted by Crippen LogP contribution is 2.42. The predicted molar refractivity (Wildman–Crippen MR) is 123 cm³/mol. The molecule has 1 aliphatic carbocycles. The van der Waals surface area contributed by atoms with Gasteiger partial charge in [0.05, 0.1) is 23.4 Å². The van der Waals surface area contributed by atoms with Crippen molar-refractivity contribution in [2.75, 3.05) is 25.3 Å². The molecule has 0 saturated heterocycles. The van der Waals surface area contributed by atoms with E-state index in [0.717, 1.165) is 30.1 Å². The van der Waals surface area contributed by atoms with E-state index in [2.05, 4.69) is 40.0 Å². The first kappa shape index (κ1) is 22.8. The topological polar surface area (TPSA) is 82.7 Å². The molecule has 32 heavy (non-hydrogen) atoms. The zero-order chi connectivity index (χ0) is 22.9. The Labute approximate surface area is 187 Å². The Morgan fingerprint density at radius 3 is 2.62 bits per heavy atom. The van der Waals surface area contributed by atoms with Gasteiger partial charge in [0.15, 0.2) is 5.65 Å². The van der Waals surface area contributed by atoms with Gasteiger partial charge in [-0.2, -0.15) is 10.1 Å². The second-order valence-electron chi connectivity index (χ2n) is 9.64. The molecule has 0 atom stereocenters. The van der Waals surface area contributed by atoms with Crippen LogP contribution in [-0.4, -0.2) is 57.3 Å². The first-order valence-corrected chi connectivity index (χ1v) is 14.7. The Kier molecular flexibility index (Phi) is 6.56. The molecule has 1 saturated carbocycles. The number of imidazole rings is 1. The van der Waals surface area contributed by atoms with Crippen molar-refractivity contribution >= 4 is 30.9 Å². The fourth-order valence-electron chi connectivity index (χ4n) is 3.39. The normalized spacial score (nSPS) is 14.6. The van der Waals surface area contributed by atoms with Gasteiger partial charge in [-0.1, -0.05) is 19.6 Å². The SMILES string of the molecule is Cc1nn(C(CF)CF)cc1Nc1nc(C2CC2)c2ncn(COCC[Si](C)(C)C)c2n1. The maximum absolute atomic E-state index is 13.1. The lowest BCUT2D eigenvalue weighted by Crippen LogP contribution is -2.22. The molecular formula is C21H31F2N7OSi. The van der Waals surface area contributed by atoms with Gasteiger partial charge < -0.3 is 10.1 Å². The second-order valence-corrected chi connectivity index (χ2v) is 15.3. The van der Waals surface area contributed by atoms with Gasteiger partial charge in [-0.3, -0.25) is 9.25 Å². The Balaban J connectivity index is 1.58. The molecule has 1 aliphatic rings. The number of anilines is 2. The summed E-state index contributed by atoms with van der Waals surface area (Å²) >= 11 is 0. The Hall–Kier alpha value is -2.40. The van der Waals surface area contributed by atoms with Crippen LogP contribution < -0.4 is 5.32 Å². The molecule has 0 aromatic carbocycles. The van der Waals surface area contributed by atoms with Crippen LogP contribution in [0.15, 0.2) is 12.5 Å². The fraction of sp³-hybridized carbons (Fsp3) is 0.619. The minimum absolute atomic E-state index is 0.378. The largest absolute Gasteiger partial charge is 0.361 e. The number of nitrogens with one attached hydrogen (secondary N) is 1. The zero-order valence-electron chi connectivity index (χ0n) is 19.1. The number of halogens is 2. The van der Waals surface area contributed by atoms with Crippen LogP contribution in [0.25, 0.3) is 11.2 Å². The summed E-state index contributed by atoms with van der Waals surface area (Å²) in [6.07, 6.45) is 5.51. The van der Waals surface area contributed by atoms with Crippen molar-refractivity contribution < 1.29 is 13.5 Å². The van der Waals surface area contributed by atoms with E-state index in [4.69, 9.17) is 9.72 Å². The van der Waals surface area contributed by atoms with Crippen LogP contribution in [-0.2, 0) is 11.5 Å². The van der Waals surface area contributed by atoms with Crippen LogP contribution in [0.1, 0.15) is 36.2 Å². The first-order chi connectivity index (χ1) is 15.3. The van der Waals surface area contributed by atoms with Crippen LogP contribution in [0, 0.1) is 6.92 Å². The molecule has 0 bridgehead atoms. The van der Waals surface area contributed by atoms with E-state index in [0.29, 0.717) is 42.2 Å². The van der Waals surface area contributed by atoms with Crippen LogP contribution in [0.3, 0.4) is 0 Å². The van der Waals surface area contributed by atoms with Crippen molar-refractivity contribution in [1.29, 1.82) is 0 Å². The molecule has 1 fully saturated rings. The number of ether oxygens (including phenoxy) is 1. The Morgan fingerprint density at radius 1 is 1.22 bits per heavy atom. The Bertz CT molecular complexity index is 1070. The number of hydrogen-bond acceptors (Lipinski definition) is 6. The number of rotatable bonds is 11. The van der Waals surface area contributed by atoms with Gasteiger partial charge in [0.25, 0.3) is 0 Å². The summed E-state index contributed by atoms with van der Waals surface area (Å²) in [6.45, 7) is 8.21. The van der Waals surface area contributed by atoms with Crippen LogP contribution in [0.2, 0.25) is 25.7 Å². The van der Waals surface area contributed by atoms with E-state index >= 15 is 0 Å². The molecule has 174 valence electrons. The van der Waals surface area contributed by atoms with Crippen molar-refractivity contribution in [2.45, 2.75) is 64.1 Å². The van der Waals surface area contributed by atoms with Gasteiger partial charge in [0, 0.05) is 26.8 Å². The highest BCUT2D eigenvalue weighted by atomic mass is 28.3. The van der Waals surface area contributed by atoms with Crippen molar-refractivity contribution in [3.05, 3.63) is 23.9 Å². The summed E-state index contributed by atoms with van der Waals surface area (Å²) in [5.41, 5.74) is 3.68.